The molecule has 23 heavy (non-hydrogen) atoms. The van der Waals surface area contributed by atoms with Crippen molar-refractivity contribution in [1.82, 2.24) is 20.1 Å². The lowest BCUT2D eigenvalue weighted by Gasteiger charge is -2.15. The highest BCUT2D eigenvalue weighted by Gasteiger charge is 2.23. The van der Waals surface area contributed by atoms with E-state index in [1.165, 1.54) is 0 Å². The summed E-state index contributed by atoms with van der Waals surface area (Å²) >= 11 is 3.33. The molecule has 0 radical (unpaired) electrons. The number of fused-ring (bicyclic) bond motifs is 1. The highest BCUT2D eigenvalue weighted by molar-refractivity contribution is 9.10. The Bertz CT molecular complexity index is 706. The number of carbonyl (C=O) groups is 1. The Morgan fingerprint density at radius 2 is 2.13 bits per heavy atom. The molecule has 1 atom stereocenters. The molecular formula is C14H18BrCl2N5O. The summed E-state index contributed by atoms with van der Waals surface area (Å²) in [6.07, 6.45) is 2.03. The standard InChI is InChI=1S/C14H16BrN5O.2ClH/c1-8(13-19-18-12-3-2-6-20(12)13)17-14(21)10-5-4-9(15)7-11(10)16;;/h4-5,7-8H,2-3,6,16H2,1H3,(H,17,21);2*1H. The monoisotopic (exact) mass is 421 g/mol. The number of amides is 1. The summed E-state index contributed by atoms with van der Waals surface area (Å²) in [5.41, 5.74) is 6.79. The smallest absolute Gasteiger partial charge is 0.253 e. The molecule has 0 spiro atoms. The summed E-state index contributed by atoms with van der Waals surface area (Å²) in [7, 11) is 0. The van der Waals surface area contributed by atoms with Gasteiger partial charge in [-0.2, -0.15) is 0 Å². The number of aromatic nitrogens is 3. The first-order valence-corrected chi connectivity index (χ1v) is 7.63. The van der Waals surface area contributed by atoms with Crippen molar-refractivity contribution in [1.29, 1.82) is 0 Å². The van der Waals surface area contributed by atoms with Gasteiger partial charge in [0.2, 0.25) is 0 Å². The molecule has 3 N–H and O–H groups in total. The first-order chi connectivity index (χ1) is 10.1. The minimum atomic E-state index is -0.208. The van der Waals surface area contributed by atoms with Crippen LogP contribution in [0.25, 0.3) is 0 Å². The number of nitrogen functional groups attached to an aromatic ring is 1. The number of aryl methyl sites for hydroxylation is 1. The van der Waals surface area contributed by atoms with Crippen molar-refractivity contribution in [3.8, 4) is 0 Å². The number of benzene rings is 1. The summed E-state index contributed by atoms with van der Waals surface area (Å²) in [5, 5.41) is 11.3. The highest BCUT2D eigenvalue weighted by atomic mass is 79.9. The molecule has 126 valence electrons. The van der Waals surface area contributed by atoms with Gasteiger partial charge >= 0.3 is 0 Å². The number of carbonyl (C=O) groups excluding carboxylic acids is 1. The maximum atomic E-state index is 12.3. The van der Waals surface area contributed by atoms with Crippen LogP contribution in [0.5, 0.6) is 0 Å². The van der Waals surface area contributed by atoms with Crippen LogP contribution in [0, 0.1) is 0 Å². The molecule has 0 fully saturated rings. The number of hydrogen-bond donors (Lipinski definition) is 2. The maximum Gasteiger partial charge on any atom is 0.253 e. The number of nitrogens with one attached hydrogen (secondary N) is 1. The summed E-state index contributed by atoms with van der Waals surface area (Å²) in [4.78, 5) is 12.3. The van der Waals surface area contributed by atoms with Gasteiger partial charge in [0, 0.05) is 23.1 Å². The molecular weight excluding hydrogens is 405 g/mol. The Morgan fingerprint density at radius 3 is 2.83 bits per heavy atom. The Balaban J connectivity index is 0.00000132. The molecule has 1 unspecified atom stereocenters. The number of nitrogens with two attached hydrogens (primary N) is 1. The Morgan fingerprint density at radius 1 is 1.39 bits per heavy atom. The van der Waals surface area contributed by atoms with Crippen molar-refractivity contribution >= 4 is 52.3 Å². The zero-order valence-electron chi connectivity index (χ0n) is 12.5. The fourth-order valence-corrected chi connectivity index (χ4v) is 2.95. The predicted molar refractivity (Wildman–Crippen MR) is 97.3 cm³/mol. The minimum Gasteiger partial charge on any atom is -0.398 e. The second kappa shape index (κ2) is 7.99. The number of rotatable bonds is 3. The first-order valence-electron chi connectivity index (χ1n) is 6.84. The Kier molecular flexibility index (Phi) is 6.85. The molecule has 1 aliphatic rings. The van der Waals surface area contributed by atoms with Gasteiger partial charge in [0.1, 0.15) is 5.82 Å². The molecule has 0 bridgehead atoms. The van der Waals surface area contributed by atoms with Crippen molar-refractivity contribution in [2.24, 2.45) is 0 Å². The van der Waals surface area contributed by atoms with Gasteiger partial charge in [-0.05, 0) is 31.5 Å². The third-order valence-corrected chi connectivity index (χ3v) is 4.12. The predicted octanol–water partition coefficient (Wildman–Crippen LogP) is 2.90. The molecule has 6 nitrogen and oxygen atoms in total. The first kappa shape index (κ1) is 19.7. The van der Waals surface area contributed by atoms with Crippen LogP contribution in [-0.2, 0) is 13.0 Å². The van der Waals surface area contributed by atoms with E-state index in [1.807, 2.05) is 6.92 Å². The molecule has 3 rings (SSSR count). The molecule has 0 saturated carbocycles. The second-order valence-corrected chi connectivity index (χ2v) is 6.07. The van der Waals surface area contributed by atoms with Crippen LogP contribution in [0.1, 0.15) is 41.4 Å². The highest BCUT2D eigenvalue weighted by Crippen LogP contribution is 2.21. The fraction of sp³-hybridized carbons (Fsp3) is 0.357. The molecule has 2 aromatic rings. The zero-order valence-corrected chi connectivity index (χ0v) is 15.7. The van der Waals surface area contributed by atoms with Gasteiger partial charge in [-0.25, -0.2) is 0 Å². The molecule has 1 amide bonds. The summed E-state index contributed by atoms with van der Waals surface area (Å²) < 4.78 is 2.93. The maximum absolute atomic E-state index is 12.3. The van der Waals surface area contributed by atoms with E-state index < -0.39 is 0 Å². The summed E-state index contributed by atoms with van der Waals surface area (Å²) in [6.45, 7) is 2.82. The molecule has 1 aliphatic heterocycles. The number of hydrogen-bond acceptors (Lipinski definition) is 4. The van der Waals surface area contributed by atoms with Crippen LogP contribution in [-0.4, -0.2) is 20.7 Å². The van der Waals surface area contributed by atoms with Gasteiger partial charge in [-0.3, -0.25) is 4.79 Å². The Hall–Kier alpha value is -1.31. The van der Waals surface area contributed by atoms with Gasteiger partial charge in [0.15, 0.2) is 5.82 Å². The van der Waals surface area contributed by atoms with Gasteiger partial charge in [0.05, 0.1) is 11.6 Å². The van der Waals surface area contributed by atoms with Gasteiger partial charge < -0.3 is 15.6 Å². The van der Waals surface area contributed by atoms with Crippen molar-refractivity contribution in [3.63, 3.8) is 0 Å². The topological polar surface area (TPSA) is 85.8 Å². The normalized spacial score (nSPS) is 13.5. The van der Waals surface area contributed by atoms with Crippen molar-refractivity contribution in [3.05, 3.63) is 39.9 Å². The van der Waals surface area contributed by atoms with Crippen LogP contribution >= 0.6 is 40.7 Å². The van der Waals surface area contributed by atoms with E-state index in [9.17, 15) is 4.79 Å². The van der Waals surface area contributed by atoms with Crippen LogP contribution < -0.4 is 11.1 Å². The molecule has 0 aliphatic carbocycles. The lowest BCUT2D eigenvalue weighted by atomic mass is 10.1. The van der Waals surface area contributed by atoms with Crippen LogP contribution in [0.2, 0.25) is 0 Å². The van der Waals surface area contributed by atoms with Crippen LogP contribution in [0.4, 0.5) is 5.69 Å². The molecule has 1 aromatic carbocycles. The number of halogens is 3. The fourth-order valence-electron chi connectivity index (χ4n) is 2.57. The third-order valence-electron chi connectivity index (χ3n) is 3.63. The lowest BCUT2D eigenvalue weighted by molar-refractivity contribution is 0.0938. The number of nitrogens with zero attached hydrogens (tertiary/aromatic N) is 3. The summed E-state index contributed by atoms with van der Waals surface area (Å²) in [5.74, 6) is 1.59. The van der Waals surface area contributed by atoms with Gasteiger partial charge in [-0.15, -0.1) is 35.0 Å². The second-order valence-electron chi connectivity index (χ2n) is 5.16. The van der Waals surface area contributed by atoms with Crippen LogP contribution in [0.3, 0.4) is 0 Å². The van der Waals surface area contributed by atoms with Crippen molar-refractivity contribution < 1.29 is 4.79 Å². The van der Waals surface area contributed by atoms with E-state index in [-0.39, 0.29) is 36.8 Å². The molecule has 1 aromatic heterocycles. The quantitative estimate of drug-likeness (QED) is 0.744. The average molecular weight is 423 g/mol. The molecule has 0 saturated heterocycles. The largest absolute Gasteiger partial charge is 0.398 e. The lowest BCUT2D eigenvalue weighted by Crippen LogP contribution is -2.29. The molecule has 9 heteroatoms. The average Bonchev–Trinajstić information content (AvgIpc) is 3.00. The van der Waals surface area contributed by atoms with E-state index in [1.54, 1.807) is 18.2 Å². The van der Waals surface area contributed by atoms with E-state index >= 15 is 0 Å². The number of anilines is 1. The minimum absolute atomic E-state index is 0. The summed E-state index contributed by atoms with van der Waals surface area (Å²) in [6, 6.07) is 5.01. The third kappa shape index (κ3) is 3.97. The van der Waals surface area contributed by atoms with Crippen molar-refractivity contribution in [2.75, 3.05) is 5.73 Å². The van der Waals surface area contributed by atoms with E-state index in [2.05, 4.69) is 36.0 Å². The SMILES string of the molecule is CC(NC(=O)c1ccc(Br)cc1N)c1nnc2n1CCC2.Cl.Cl. The Labute approximate surface area is 155 Å². The van der Waals surface area contributed by atoms with Crippen LogP contribution in [0.15, 0.2) is 22.7 Å². The van der Waals surface area contributed by atoms with E-state index in [4.69, 9.17) is 5.73 Å². The van der Waals surface area contributed by atoms with Gasteiger partial charge in [0.25, 0.3) is 5.91 Å². The van der Waals surface area contributed by atoms with Crippen molar-refractivity contribution in [2.45, 2.75) is 32.4 Å². The van der Waals surface area contributed by atoms with Gasteiger partial charge in [-0.1, -0.05) is 15.9 Å². The molecule has 2 heterocycles. The zero-order chi connectivity index (χ0) is 15.0. The van der Waals surface area contributed by atoms with E-state index in [0.29, 0.717) is 11.3 Å². The van der Waals surface area contributed by atoms with E-state index in [0.717, 1.165) is 35.5 Å².